The van der Waals surface area contributed by atoms with Crippen LogP contribution in [0.25, 0.3) is 11.5 Å². The van der Waals surface area contributed by atoms with Gasteiger partial charge in [-0.1, -0.05) is 25.1 Å². The number of aromatic nitrogens is 2. The van der Waals surface area contributed by atoms with E-state index in [1.54, 1.807) is 0 Å². The Balaban J connectivity index is 1.83. The fourth-order valence-corrected chi connectivity index (χ4v) is 2.39. The monoisotopic (exact) mass is 325 g/mol. The van der Waals surface area contributed by atoms with E-state index in [2.05, 4.69) is 15.5 Å². The average molecular weight is 325 g/mol. The fraction of sp³-hybridized carbons (Fsp3) is 0.167. The molecule has 0 aliphatic rings. The second kappa shape index (κ2) is 6.62. The van der Waals surface area contributed by atoms with Crippen molar-refractivity contribution in [1.82, 2.24) is 10.2 Å². The second-order valence-electron chi connectivity index (χ2n) is 5.34. The van der Waals surface area contributed by atoms with Crippen LogP contribution in [0.3, 0.4) is 0 Å². The van der Waals surface area contributed by atoms with Crippen molar-refractivity contribution in [3.8, 4) is 11.5 Å². The molecule has 2 aromatic carbocycles. The summed E-state index contributed by atoms with van der Waals surface area (Å²) in [6.07, 6.45) is 0.794. The molecule has 5 nitrogen and oxygen atoms in total. The largest absolute Gasteiger partial charge is 0.412 e. The van der Waals surface area contributed by atoms with Crippen molar-refractivity contribution in [3.05, 3.63) is 65.3 Å². The van der Waals surface area contributed by atoms with E-state index in [1.807, 2.05) is 32.0 Å². The van der Waals surface area contributed by atoms with Gasteiger partial charge in [0.05, 0.1) is 0 Å². The summed E-state index contributed by atoms with van der Waals surface area (Å²) in [5.74, 6) is -0.803. The molecule has 6 heteroatoms. The van der Waals surface area contributed by atoms with E-state index in [1.165, 1.54) is 24.3 Å². The van der Waals surface area contributed by atoms with Gasteiger partial charge in [-0.15, -0.1) is 10.2 Å². The highest BCUT2D eigenvalue weighted by Gasteiger charge is 2.18. The first-order chi connectivity index (χ1) is 11.6. The average Bonchev–Trinajstić information content (AvgIpc) is 3.07. The molecule has 0 saturated heterocycles. The van der Waals surface area contributed by atoms with Crippen LogP contribution in [0.1, 0.15) is 28.7 Å². The number of aryl methyl sites for hydroxylation is 2. The van der Waals surface area contributed by atoms with Crippen LogP contribution >= 0.6 is 0 Å². The molecule has 3 rings (SSSR count). The first kappa shape index (κ1) is 15.9. The number of carbonyl (C=O) groups excluding carboxylic acids is 1. The van der Waals surface area contributed by atoms with Crippen LogP contribution in [0.15, 0.2) is 46.9 Å². The van der Waals surface area contributed by atoms with Gasteiger partial charge < -0.3 is 9.73 Å². The van der Waals surface area contributed by atoms with E-state index in [0.717, 1.165) is 23.2 Å². The second-order valence-corrected chi connectivity index (χ2v) is 5.34. The van der Waals surface area contributed by atoms with Gasteiger partial charge in [0.1, 0.15) is 5.82 Å². The maximum Gasteiger partial charge on any atom is 0.313 e. The number of para-hydroxylation sites is 1. The van der Waals surface area contributed by atoms with Crippen LogP contribution in [0, 0.1) is 12.7 Å². The van der Waals surface area contributed by atoms with Crippen LogP contribution in [0.5, 0.6) is 0 Å². The van der Waals surface area contributed by atoms with Crippen LogP contribution in [0.4, 0.5) is 10.1 Å². The SMILES string of the molecule is CCc1cccc(C)c1NC(=O)c1nnc(-c2ccc(F)cc2)o1. The molecule has 0 atom stereocenters. The van der Waals surface area contributed by atoms with E-state index >= 15 is 0 Å². The van der Waals surface area contributed by atoms with Gasteiger partial charge in [-0.25, -0.2) is 4.39 Å². The van der Waals surface area contributed by atoms with Gasteiger partial charge in [-0.2, -0.15) is 0 Å². The lowest BCUT2D eigenvalue weighted by molar-refractivity contribution is 0.0990. The van der Waals surface area contributed by atoms with Gasteiger partial charge in [0.2, 0.25) is 5.89 Å². The number of nitrogens with one attached hydrogen (secondary N) is 1. The third kappa shape index (κ3) is 3.17. The molecular formula is C18H16FN3O2. The molecule has 1 N–H and O–H groups in total. The van der Waals surface area contributed by atoms with E-state index in [-0.39, 0.29) is 17.6 Å². The Morgan fingerprint density at radius 3 is 2.62 bits per heavy atom. The lowest BCUT2D eigenvalue weighted by atomic mass is 10.1. The summed E-state index contributed by atoms with van der Waals surface area (Å²) < 4.78 is 18.4. The van der Waals surface area contributed by atoms with Gasteiger partial charge >= 0.3 is 11.8 Å². The predicted molar refractivity (Wildman–Crippen MR) is 88.2 cm³/mol. The minimum atomic E-state index is -0.472. The summed E-state index contributed by atoms with van der Waals surface area (Å²) >= 11 is 0. The maximum absolute atomic E-state index is 13.0. The molecule has 0 unspecified atom stereocenters. The van der Waals surface area contributed by atoms with Crippen molar-refractivity contribution in [1.29, 1.82) is 0 Å². The van der Waals surface area contributed by atoms with E-state index < -0.39 is 5.91 Å². The molecule has 122 valence electrons. The number of hydrogen-bond acceptors (Lipinski definition) is 4. The van der Waals surface area contributed by atoms with Crippen molar-refractivity contribution in [2.75, 3.05) is 5.32 Å². The number of carbonyl (C=O) groups is 1. The normalized spacial score (nSPS) is 10.6. The minimum absolute atomic E-state index is 0.139. The Morgan fingerprint density at radius 1 is 1.17 bits per heavy atom. The lowest BCUT2D eigenvalue weighted by Gasteiger charge is -2.11. The van der Waals surface area contributed by atoms with Gasteiger partial charge in [-0.05, 0) is 48.7 Å². The molecule has 3 aromatic rings. The number of halogens is 1. The molecule has 1 aromatic heterocycles. The Morgan fingerprint density at radius 2 is 1.92 bits per heavy atom. The zero-order valence-corrected chi connectivity index (χ0v) is 13.3. The number of benzene rings is 2. The number of hydrogen-bond donors (Lipinski definition) is 1. The Labute approximate surface area is 138 Å². The molecule has 0 radical (unpaired) electrons. The number of anilines is 1. The van der Waals surface area contributed by atoms with Crippen LogP contribution < -0.4 is 5.32 Å². The van der Waals surface area contributed by atoms with Crippen molar-refractivity contribution in [2.45, 2.75) is 20.3 Å². The standard InChI is InChI=1S/C18H16FN3O2/c1-3-12-6-4-5-11(2)15(12)20-16(23)18-22-21-17(24-18)13-7-9-14(19)10-8-13/h4-10H,3H2,1-2H3,(H,20,23). The summed E-state index contributed by atoms with van der Waals surface area (Å²) in [6, 6.07) is 11.4. The van der Waals surface area contributed by atoms with Crippen molar-refractivity contribution >= 4 is 11.6 Å². The van der Waals surface area contributed by atoms with Crippen molar-refractivity contribution in [2.24, 2.45) is 0 Å². The maximum atomic E-state index is 13.0. The molecule has 0 bridgehead atoms. The quantitative estimate of drug-likeness (QED) is 0.787. The molecule has 1 heterocycles. The molecule has 0 saturated carbocycles. The topological polar surface area (TPSA) is 68.0 Å². The summed E-state index contributed by atoms with van der Waals surface area (Å²) in [6.45, 7) is 3.94. The van der Waals surface area contributed by atoms with Crippen molar-refractivity contribution in [3.63, 3.8) is 0 Å². The Kier molecular flexibility index (Phi) is 4.37. The van der Waals surface area contributed by atoms with Gasteiger partial charge in [0.15, 0.2) is 0 Å². The van der Waals surface area contributed by atoms with Crippen LogP contribution in [0.2, 0.25) is 0 Å². The van der Waals surface area contributed by atoms with Gasteiger partial charge in [-0.3, -0.25) is 4.79 Å². The third-order valence-electron chi connectivity index (χ3n) is 3.69. The molecule has 24 heavy (non-hydrogen) atoms. The highest BCUT2D eigenvalue weighted by Crippen LogP contribution is 2.23. The smallest absolute Gasteiger partial charge is 0.313 e. The minimum Gasteiger partial charge on any atom is -0.412 e. The molecule has 0 aliphatic carbocycles. The number of nitrogens with zero attached hydrogens (tertiary/aromatic N) is 2. The zero-order chi connectivity index (χ0) is 17.1. The highest BCUT2D eigenvalue weighted by molar-refractivity contribution is 6.01. The molecule has 1 amide bonds. The molecular weight excluding hydrogens is 309 g/mol. The van der Waals surface area contributed by atoms with E-state index in [0.29, 0.717) is 5.56 Å². The summed E-state index contributed by atoms with van der Waals surface area (Å²) in [5, 5.41) is 10.4. The predicted octanol–water partition coefficient (Wildman–Crippen LogP) is 4.00. The summed E-state index contributed by atoms with van der Waals surface area (Å²) in [7, 11) is 0. The molecule has 0 spiro atoms. The first-order valence-corrected chi connectivity index (χ1v) is 7.57. The van der Waals surface area contributed by atoms with Gasteiger partial charge in [0, 0.05) is 11.3 Å². The molecule has 0 fully saturated rings. The summed E-state index contributed by atoms with van der Waals surface area (Å²) in [4.78, 5) is 12.4. The lowest BCUT2D eigenvalue weighted by Crippen LogP contribution is -2.14. The van der Waals surface area contributed by atoms with Gasteiger partial charge in [0.25, 0.3) is 0 Å². The zero-order valence-electron chi connectivity index (χ0n) is 13.3. The first-order valence-electron chi connectivity index (χ1n) is 7.57. The fourth-order valence-electron chi connectivity index (χ4n) is 2.39. The van der Waals surface area contributed by atoms with Crippen molar-refractivity contribution < 1.29 is 13.6 Å². The van der Waals surface area contributed by atoms with E-state index in [4.69, 9.17) is 4.42 Å². The Hall–Kier alpha value is -3.02. The molecule has 0 aliphatic heterocycles. The third-order valence-corrected chi connectivity index (χ3v) is 3.69. The summed E-state index contributed by atoms with van der Waals surface area (Å²) in [5.41, 5.74) is 3.29. The van der Waals surface area contributed by atoms with Crippen LogP contribution in [-0.2, 0) is 6.42 Å². The number of rotatable bonds is 4. The van der Waals surface area contributed by atoms with Crippen LogP contribution in [-0.4, -0.2) is 16.1 Å². The Bertz CT molecular complexity index is 872. The highest BCUT2D eigenvalue weighted by atomic mass is 19.1. The number of amides is 1. The van der Waals surface area contributed by atoms with E-state index in [9.17, 15) is 9.18 Å².